The van der Waals surface area contributed by atoms with Crippen molar-refractivity contribution in [3.63, 3.8) is 0 Å². The minimum absolute atomic E-state index is 0.0992. The van der Waals surface area contributed by atoms with Gasteiger partial charge in [-0.15, -0.1) is 0 Å². The molecule has 5 nitrogen and oxygen atoms in total. The largest absolute Gasteiger partial charge is 0.495 e. The second kappa shape index (κ2) is 5.88. The third-order valence-corrected chi connectivity index (χ3v) is 4.71. The van der Waals surface area contributed by atoms with Crippen LogP contribution in [0.4, 0.5) is 11.4 Å². The average molecular weight is 404 g/mol. The molecule has 0 saturated heterocycles. The molecule has 106 valence electrons. The highest BCUT2D eigenvalue weighted by Crippen LogP contribution is 2.26. The van der Waals surface area contributed by atoms with Crippen LogP contribution < -0.4 is 15.2 Å². The third kappa shape index (κ3) is 3.34. The Hall–Kier alpha value is -1.48. The van der Waals surface area contributed by atoms with Crippen LogP contribution in [0.2, 0.25) is 0 Å². The highest BCUT2D eigenvalue weighted by atomic mass is 127. The van der Waals surface area contributed by atoms with Gasteiger partial charge in [0.1, 0.15) is 5.75 Å². The molecule has 0 radical (unpaired) electrons. The van der Waals surface area contributed by atoms with Gasteiger partial charge in [-0.05, 0) is 59.0 Å². The van der Waals surface area contributed by atoms with Gasteiger partial charge in [0.25, 0.3) is 10.0 Å². The minimum Gasteiger partial charge on any atom is -0.495 e. The summed E-state index contributed by atoms with van der Waals surface area (Å²) >= 11 is 2.15. The summed E-state index contributed by atoms with van der Waals surface area (Å²) < 4.78 is 33.1. The fourth-order valence-electron chi connectivity index (χ4n) is 1.59. The number of halogens is 1. The van der Waals surface area contributed by atoms with Gasteiger partial charge >= 0.3 is 0 Å². The first-order valence-electron chi connectivity index (χ1n) is 5.64. The van der Waals surface area contributed by atoms with Gasteiger partial charge in [-0.3, -0.25) is 4.72 Å². The van der Waals surface area contributed by atoms with Gasteiger partial charge < -0.3 is 10.5 Å². The molecule has 2 rings (SSSR count). The van der Waals surface area contributed by atoms with Crippen molar-refractivity contribution in [2.24, 2.45) is 0 Å². The zero-order chi connectivity index (χ0) is 14.8. The zero-order valence-electron chi connectivity index (χ0n) is 10.6. The van der Waals surface area contributed by atoms with E-state index < -0.39 is 10.0 Å². The van der Waals surface area contributed by atoms with Gasteiger partial charge in [-0.1, -0.05) is 0 Å². The van der Waals surface area contributed by atoms with E-state index in [1.54, 1.807) is 12.1 Å². The Morgan fingerprint density at radius 2 is 1.80 bits per heavy atom. The molecule has 0 heterocycles. The van der Waals surface area contributed by atoms with Gasteiger partial charge in [0, 0.05) is 15.3 Å². The Kier molecular flexibility index (Phi) is 4.39. The maximum atomic E-state index is 12.3. The quantitative estimate of drug-likeness (QED) is 0.607. The highest BCUT2D eigenvalue weighted by molar-refractivity contribution is 14.1. The summed E-state index contributed by atoms with van der Waals surface area (Å²) in [5.74, 6) is 0.329. The van der Waals surface area contributed by atoms with Crippen molar-refractivity contribution >= 4 is 44.0 Å². The summed E-state index contributed by atoms with van der Waals surface area (Å²) in [7, 11) is -2.22. The molecular formula is C13H13IN2O3S. The molecule has 2 aromatic carbocycles. The first-order valence-corrected chi connectivity index (χ1v) is 8.20. The molecule has 0 aromatic heterocycles. The molecule has 0 aliphatic rings. The van der Waals surface area contributed by atoms with E-state index in [1.165, 1.54) is 25.3 Å². The van der Waals surface area contributed by atoms with Crippen LogP contribution in [0, 0.1) is 3.57 Å². The lowest BCUT2D eigenvalue weighted by molar-refractivity contribution is 0.415. The van der Waals surface area contributed by atoms with Gasteiger partial charge in [-0.2, -0.15) is 0 Å². The normalized spacial score (nSPS) is 11.1. The number of nitrogens with one attached hydrogen (secondary N) is 1. The predicted octanol–water partition coefficient (Wildman–Crippen LogP) is 2.68. The second-order valence-corrected chi connectivity index (χ2v) is 6.94. The molecule has 0 spiro atoms. The number of hydrogen-bond donors (Lipinski definition) is 2. The van der Waals surface area contributed by atoms with E-state index in [9.17, 15) is 8.42 Å². The number of benzene rings is 2. The number of anilines is 2. The van der Waals surface area contributed by atoms with Gasteiger partial charge in [0.2, 0.25) is 0 Å². The first kappa shape index (κ1) is 14.9. The number of nitrogens with two attached hydrogens (primary N) is 1. The fourth-order valence-corrected chi connectivity index (χ4v) is 3.02. The van der Waals surface area contributed by atoms with Crippen LogP contribution in [-0.2, 0) is 10.0 Å². The standard InChI is InChI=1S/C13H13IN2O3S/c1-19-13-8-11(6-7-12(13)15)20(17,18)16-10-4-2-9(14)3-5-10/h2-8,16H,15H2,1H3. The zero-order valence-corrected chi connectivity index (χ0v) is 13.6. The van der Waals surface area contributed by atoms with Gasteiger partial charge in [-0.25, -0.2) is 8.42 Å². The lowest BCUT2D eigenvalue weighted by atomic mass is 10.3. The van der Waals surface area contributed by atoms with E-state index in [0.29, 0.717) is 17.1 Å². The molecule has 0 fully saturated rings. The molecule has 7 heteroatoms. The molecule has 3 N–H and O–H groups in total. The lowest BCUT2D eigenvalue weighted by Crippen LogP contribution is -2.13. The van der Waals surface area contributed by atoms with E-state index >= 15 is 0 Å². The molecule has 0 aliphatic heterocycles. The lowest BCUT2D eigenvalue weighted by Gasteiger charge is -2.10. The Balaban J connectivity index is 2.33. The highest BCUT2D eigenvalue weighted by Gasteiger charge is 2.16. The number of nitrogen functional groups attached to an aromatic ring is 1. The maximum Gasteiger partial charge on any atom is 0.262 e. The average Bonchev–Trinajstić information content (AvgIpc) is 2.41. The molecule has 0 atom stereocenters. The topological polar surface area (TPSA) is 81.4 Å². The number of methoxy groups -OCH3 is 1. The van der Waals surface area contributed by atoms with Crippen molar-refractivity contribution in [1.82, 2.24) is 0 Å². The number of sulfonamides is 1. The molecule has 20 heavy (non-hydrogen) atoms. The summed E-state index contributed by atoms with van der Waals surface area (Å²) in [6.07, 6.45) is 0. The van der Waals surface area contributed by atoms with E-state index in [0.717, 1.165) is 3.57 Å². The van der Waals surface area contributed by atoms with Gasteiger partial charge in [0.15, 0.2) is 0 Å². The monoisotopic (exact) mass is 404 g/mol. The van der Waals surface area contributed by atoms with Crippen molar-refractivity contribution in [2.75, 3.05) is 17.6 Å². The first-order chi connectivity index (χ1) is 9.42. The Morgan fingerprint density at radius 1 is 1.15 bits per heavy atom. The van der Waals surface area contributed by atoms with Crippen LogP contribution in [0.5, 0.6) is 5.75 Å². The van der Waals surface area contributed by atoms with Crippen LogP contribution in [0.1, 0.15) is 0 Å². The Labute approximate surface area is 131 Å². The molecule has 0 amide bonds. The second-order valence-electron chi connectivity index (χ2n) is 4.02. The van der Waals surface area contributed by atoms with E-state index in [1.807, 2.05) is 12.1 Å². The summed E-state index contributed by atoms with van der Waals surface area (Å²) in [4.78, 5) is 0.0992. The maximum absolute atomic E-state index is 12.3. The minimum atomic E-state index is -3.66. The number of rotatable bonds is 4. The number of ether oxygens (including phenoxy) is 1. The summed E-state index contributed by atoms with van der Waals surface area (Å²) in [6, 6.07) is 11.4. The summed E-state index contributed by atoms with van der Waals surface area (Å²) in [5, 5.41) is 0. The smallest absolute Gasteiger partial charge is 0.262 e. The van der Waals surface area contributed by atoms with Crippen LogP contribution in [0.3, 0.4) is 0 Å². The SMILES string of the molecule is COc1cc(S(=O)(=O)Nc2ccc(I)cc2)ccc1N. The van der Waals surface area contributed by atoms with Crippen LogP contribution in [0.15, 0.2) is 47.4 Å². The molecule has 0 aliphatic carbocycles. The molecule has 2 aromatic rings. The van der Waals surface area contributed by atoms with Crippen molar-refractivity contribution in [3.8, 4) is 5.75 Å². The summed E-state index contributed by atoms with van der Waals surface area (Å²) in [5.41, 5.74) is 6.56. The third-order valence-electron chi connectivity index (χ3n) is 2.61. The van der Waals surface area contributed by atoms with Crippen molar-refractivity contribution < 1.29 is 13.2 Å². The van der Waals surface area contributed by atoms with Crippen LogP contribution in [-0.4, -0.2) is 15.5 Å². The Morgan fingerprint density at radius 3 is 2.40 bits per heavy atom. The summed E-state index contributed by atoms with van der Waals surface area (Å²) in [6.45, 7) is 0. The van der Waals surface area contributed by atoms with E-state index in [-0.39, 0.29) is 4.90 Å². The van der Waals surface area contributed by atoms with Crippen molar-refractivity contribution in [2.45, 2.75) is 4.90 Å². The van der Waals surface area contributed by atoms with Crippen molar-refractivity contribution in [3.05, 3.63) is 46.0 Å². The van der Waals surface area contributed by atoms with E-state index in [2.05, 4.69) is 27.3 Å². The Bertz CT molecular complexity index is 715. The molecule has 0 saturated carbocycles. The van der Waals surface area contributed by atoms with Crippen LogP contribution in [0.25, 0.3) is 0 Å². The molecular weight excluding hydrogens is 391 g/mol. The fraction of sp³-hybridized carbons (Fsp3) is 0.0769. The van der Waals surface area contributed by atoms with Gasteiger partial charge in [0.05, 0.1) is 17.7 Å². The van der Waals surface area contributed by atoms with Crippen molar-refractivity contribution in [1.29, 1.82) is 0 Å². The molecule has 0 unspecified atom stereocenters. The molecule has 0 bridgehead atoms. The number of hydrogen-bond acceptors (Lipinski definition) is 4. The predicted molar refractivity (Wildman–Crippen MR) is 87.4 cm³/mol. The van der Waals surface area contributed by atoms with E-state index in [4.69, 9.17) is 10.5 Å². The van der Waals surface area contributed by atoms with Crippen LogP contribution >= 0.6 is 22.6 Å².